The van der Waals surface area contributed by atoms with Crippen molar-refractivity contribution in [1.29, 1.82) is 0 Å². The highest BCUT2D eigenvalue weighted by Crippen LogP contribution is 2.71. The molecular formula is C45H72O18. The lowest BCUT2D eigenvalue weighted by Crippen LogP contribution is -2.67. The molecule has 360 valence electrons. The summed E-state index contributed by atoms with van der Waals surface area (Å²) in [5.74, 6) is 1.43. The number of hydrogen-bond donors (Lipinski definition) is 10. The predicted molar refractivity (Wildman–Crippen MR) is 216 cm³/mol. The molecule has 63 heavy (non-hydrogen) atoms. The van der Waals surface area contributed by atoms with Crippen molar-refractivity contribution in [3.8, 4) is 0 Å². The van der Waals surface area contributed by atoms with Gasteiger partial charge >= 0.3 is 0 Å². The number of ether oxygens (including phenoxy) is 8. The highest BCUT2D eigenvalue weighted by molar-refractivity contribution is 5.26. The summed E-state index contributed by atoms with van der Waals surface area (Å²) >= 11 is 0. The molecule has 18 heteroatoms. The van der Waals surface area contributed by atoms with Crippen molar-refractivity contribution in [2.45, 2.75) is 208 Å². The van der Waals surface area contributed by atoms with Crippen molar-refractivity contribution in [3.63, 3.8) is 0 Å². The Labute approximate surface area is 368 Å². The monoisotopic (exact) mass is 900 g/mol. The minimum Gasteiger partial charge on any atom is -0.394 e. The van der Waals surface area contributed by atoms with Crippen LogP contribution in [0.3, 0.4) is 0 Å². The van der Waals surface area contributed by atoms with Crippen LogP contribution in [0.1, 0.15) is 92.4 Å². The first-order valence-corrected chi connectivity index (χ1v) is 23.4. The van der Waals surface area contributed by atoms with E-state index in [1.54, 1.807) is 0 Å². The Kier molecular flexibility index (Phi) is 12.9. The first-order valence-electron chi connectivity index (χ1n) is 23.4. The molecule has 0 radical (unpaired) electrons. The van der Waals surface area contributed by atoms with Gasteiger partial charge in [0.25, 0.3) is 0 Å². The van der Waals surface area contributed by atoms with E-state index in [2.05, 4.69) is 26.8 Å². The third-order valence-electron chi connectivity index (χ3n) is 17.8. The molecule has 9 rings (SSSR count). The number of aliphatic hydroxyl groups is 10. The molecule has 5 saturated heterocycles. The Hall–Kier alpha value is -0.980. The number of hydrogen-bond acceptors (Lipinski definition) is 18. The molecule has 9 aliphatic rings. The van der Waals surface area contributed by atoms with Crippen LogP contribution in [-0.4, -0.2) is 187 Å². The van der Waals surface area contributed by atoms with Gasteiger partial charge in [0.1, 0.15) is 67.1 Å². The fourth-order valence-corrected chi connectivity index (χ4v) is 14.2. The molecule has 10 N–H and O–H groups in total. The number of allylic oxidation sites excluding steroid dienone is 1. The average Bonchev–Trinajstić information content (AvgIpc) is 3.87. The SMILES string of the molecule is C[C@@H]1[C@@H]2[C@@H](CC3[C@H]4CC=C5C[C@H](O[C@H]6O[C@@H](CO)[C@H](O[C@H]7O[C@H](C)[C@@H](O)[C@H](O)[C@@H]7O)[C@@H](O)[C@@H]6O[C@H]6O[C@@H](CO)[C@H](O)[C@@H](O)[C@@H]6O)CC[C@@]5(C)C4CC[C@]32C)O[C@@]12CC[C@](C)(CO)O2. The summed E-state index contributed by atoms with van der Waals surface area (Å²) in [4.78, 5) is 0. The Morgan fingerprint density at radius 2 is 1.33 bits per heavy atom. The maximum absolute atomic E-state index is 12.0. The van der Waals surface area contributed by atoms with Crippen molar-refractivity contribution >= 4 is 0 Å². The Balaban J connectivity index is 0.920. The van der Waals surface area contributed by atoms with Crippen LogP contribution in [0.5, 0.6) is 0 Å². The van der Waals surface area contributed by atoms with Crippen LogP contribution in [0, 0.1) is 40.4 Å². The molecule has 0 amide bonds. The molecule has 0 aromatic carbocycles. The molecule has 4 aliphatic carbocycles. The van der Waals surface area contributed by atoms with Gasteiger partial charge in [0.05, 0.1) is 43.7 Å². The second-order valence-corrected chi connectivity index (χ2v) is 21.3. The summed E-state index contributed by atoms with van der Waals surface area (Å²) in [7, 11) is 0. The van der Waals surface area contributed by atoms with Crippen LogP contribution < -0.4 is 0 Å². The fraction of sp³-hybridized carbons (Fsp3) is 0.956. The standard InChI is InChI=1S/C45H72O18/c1-19-29-26(62-45(19)13-12-42(3,18-48)63-45)15-25-23-7-6-21-14-22(8-10-43(21,4)24(23)9-11-44(25,29)5)57-41-38(61-40-35(54)33(52)31(50)27(16-46)58-40)36(55)37(28(17-47)59-41)60-39-34(53)32(51)30(49)20(2)56-39/h6,19-20,22-41,46-55H,7-18H2,1-5H3/t19-,20-,22-,23+,24?,25?,26-,27+,28+,29-,30-,31+,32+,33-,34+,35+,36-,37+,38+,39-,40-,41+,42-,43-,44-,45-/m1/s1. The molecule has 0 aromatic rings. The molecule has 8 fully saturated rings. The van der Waals surface area contributed by atoms with E-state index in [-0.39, 0.29) is 29.5 Å². The summed E-state index contributed by atoms with van der Waals surface area (Å²) in [5, 5.41) is 106. The Morgan fingerprint density at radius 3 is 2.02 bits per heavy atom. The van der Waals surface area contributed by atoms with Crippen LogP contribution in [0.4, 0.5) is 0 Å². The maximum Gasteiger partial charge on any atom is 0.187 e. The van der Waals surface area contributed by atoms with Gasteiger partial charge in [0, 0.05) is 12.3 Å². The summed E-state index contributed by atoms with van der Waals surface area (Å²) in [5.41, 5.74) is 0.762. The molecule has 2 unspecified atom stereocenters. The largest absolute Gasteiger partial charge is 0.394 e. The Morgan fingerprint density at radius 1 is 0.667 bits per heavy atom. The zero-order valence-corrected chi connectivity index (χ0v) is 37.0. The molecule has 0 bridgehead atoms. The average molecular weight is 901 g/mol. The van der Waals surface area contributed by atoms with Crippen molar-refractivity contribution in [2.24, 2.45) is 40.4 Å². The topological polar surface area (TPSA) is 276 Å². The van der Waals surface area contributed by atoms with E-state index in [4.69, 9.17) is 37.9 Å². The third kappa shape index (κ3) is 7.62. The lowest BCUT2D eigenvalue weighted by Gasteiger charge is -2.58. The number of fused-ring (bicyclic) bond motifs is 7. The van der Waals surface area contributed by atoms with E-state index in [1.807, 2.05) is 6.92 Å². The van der Waals surface area contributed by atoms with Crippen LogP contribution in [0.15, 0.2) is 11.6 Å². The molecule has 5 heterocycles. The van der Waals surface area contributed by atoms with E-state index in [1.165, 1.54) is 12.5 Å². The summed E-state index contributed by atoms with van der Waals surface area (Å²) in [6.07, 6.45) is -13.2. The van der Waals surface area contributed by atoms with Gasteiger partial charge in [-0.2, -0.15) is 0 Å². The first-order chi connectivity index (χ1) is 29.8. The van der Waals surface area contributed by atoms with E-state index < -0.39 is 123 Å². The quantitative estimate of drug-likeness (QED) is 0.129. The second kappa shape index (κ2) is 17.2. The summed E-state index contributed by atoms with van der Waals surface area (Å²) < 4.78 is 49.9. The lowest BCUT2D eigenvalue weighted by atomic mass is 9.47. The Bertz CT molecular complexity index is 1670. The van der Waals surface area contributed by atoms with Crippen molar-refractivity contribution in [1.82, 2.24) is 0 Å². The molecule has 18 nitrogen and oxygen atoms in total. The van der Waals surface area contributed by atoms with E-state index >= 15 is 0 Å². The van der Waals surface area contributed by atoms with E-state index in [9.17, 15) is 51.1 Å². The van der Waals surface area contributed by atoms with Gasteiger partial charge in [-0.05, 0) is 99.7 Å². The smallest absolute Gasteiger partial charge is 0.187 e. The molecule has 0 aromatic heterocycles. The molecule has 26 atom stereocenters. The molecule has 5 aliphatic heterocycles. The van der Waals surface area contributed by atoms with Gasteiger partial charge in [0.2, 0.25) is 0 Å². The normalized spacial score (nSPS) is 57.9. The summed E-state index contributed by atoms with van der Waals surface area (Å²) in [6.45, 7) is 9.19. The van der Waals surface area contributed by atoms with Gasteiger partial charge in [-0.25, -0.2) is 0 Å². The van der Waals surface area contributed by atoms with E-state index in [0.29, 0.717) is 36.5 Å². The van der Waals surface area contributed by atoms with Crippen LogP contribution >= 0.6 is 0 Å². The minimum absolute atomic E-state index is 0.0192. The highest BCUT2D eigenvalue weighted by atomic mass is 16.8. The lowest BCUT2D eigenvalue weighted by molar-refractivity contribution is -0.390. The predicted octanol–water partition coefficient (Wildman–Crippen LogP) is -0.671. The van der Waals surface area contributed by atoms with Gasteiger partial charge < -0.3 is 89.0 Å². The second-order valence-electron chi connectivity index (χ2n) is 21.3. The minimum atomic E-state index is -1.83. The van der Waals surface area contributed by atoms with Crippen molar-refractivity contribution < 1.29 is 89.0 Å². The molecule has 1 spiro atoms. The van der Waals surface area contributed by atoms with Gasteiger partial charge in [-0.15, -0.1) is 0 Å². The molecular weight excluding hydrogens is 828 g/mol. The van der Waals surface area contributed by atoms with Crippen LogP contribution in [0.2, 0.25) is 0 Å². The zero-order chi connectivity index (χ0) is 45.1. The summed E-state index contributed by atoms with van der Waals surface area (Å²) in [6, 6.07) is 0. The van der Waals surface area contributed by atoms with Gasteiger partial charge in [-0.1, -0.05) is 32.4 Å². The van der Waals surface area contributed by atoms with E-state index in [0.717, 1.165) is 44.9 Å². The first kappa shape index (κ1) is 47.1. The maximum atomic E-state index is 12.0. The van der Waals surface area contributed by atoms with Crippen molar-refractivity contribution in [2.75, 3.05) is 19.8 Å². The number of rotatable bonds is 9. The van der Waals surface area contributed by atoms with Crippen LogP contribution in [-0.2, 0) is 37.9 Å². The van der Waals surface area contributed by atoms with Crippen molar-refractivity contribution in [3.05, 3.63) is 11.6 Å². The number of aliphatic hydroxyl groups excluding tert-OH is 10. The molecule has 3 saturated carbocycles. The van der Waals surface area contributed by atoms with Crippen LogP contribution in [0.25, 0.3) is 0 Å². The fourth-order valence-electron chi connectivity index (χ4n) is 14.2. The third-order valence-corrected chi connectivity index (χ3v) is 17.8. The zero-order valence-electron chi connectivity index (χ0n) is 37.0. The highest BCUT2D eigenvalue weighted by Gasteiger charge is 2.70. The van der Waals surface area contributed by atoms with Gasteiger partial charge in [-0.3, -0.25) is 0 Å². The van der Waals surface area contributed by atoms with Gasteiger partial charge in [0.15, 0.2) is 24.7 Å².